The third kappa shape index (κ3) is 2.91. The van der Waals surface area contributed by atoms with E-state index in [0.29, 0.717) is 17.2 Å². The lowest BCUT2D eigenvalue weighted by Gasteiger charge is -2.10. The highest BCUT2D eigenvalue weighted by Crippen LogP contribution is 2.17. The molecule has 0 saturated carbocycles. The second-order valence-electron chi connectivity index (χ2n) is 5.45. The average Bonchev–Trinajstić information content (AvgIpc) is 3.05. The van der Waals surface area contributed by atoms with Crippen LogP contribution in [0.25, 0.3) is 11.3 Å². The summed E-state index contributed by atoms with van der Waals surface area (Å²) in [5.41, 5.74) is 1.05. The van der Waals surface area contributed by atoms with Crippen LogP contribution in [0.3, 0.4) is 0 Å². The Labute approximate surface area is 156 Å². The molecule has 1 aromatic carbocycles. The number of rotatable bonds is 3. The molecule has 128 valence electrons. The molecule has 0 spiro atoms. The number of hydrogen-bond donors (Lipinski definition) is 1. The maximum absolute atomic E-state index is 12.8. The predicted octanol–water partition coefficient (Wildman–Crippen LogP) is 2.90. The Morgan fingerprint density at radius 1 is 1.04 bits per heavy atom. The first kappa shape index (κ1) is 16.2. The number of carbonyl (C=O) groups is 1. The maximum atomic E-state index is 12.8. The van der Waals surface area contributed by atoms with E-state index >= 15 is 0 Å². The highest BCUT2D eigenvalue weighted by Gasteiger charge is 2.19. The molecule has 3 heterocycles. The van der Waals surface area contributed by atoms with Gasteiger partial charge in [-0.15, -0.1) is 0 Å². The molecule has 0 aliphatic carbocycles. The van der Waals surface area contributed by atoms with Crippen molar-refractivity contribution in [1.82, 2.24) is 19.2 Å². The number of nitrogens with zero attached hydrogens (tertiary/aromatic N) is 4. The topological polar surface area (TPSA) is 81.3 Å². The third-order valence-corrected chi connectivity index (χ3v) is 4.22. The van der Waals surface area contributed by atoms with Crippen molar-refractivity contribution in [2.75, 3.05) is 5.32 Å². The molecule has 0 aliphatic heterocycles. The zero-order valence-electron chi connectivity index (χ0n) is 13.3. The van der Waals surface area contributed by atoms with Crippen LogP contribution in [0.4, 0.5) is 5.82 Å². The Kier molecular flexibility index (Phi) is 4.10. The minimum absolute atomic E-state index is 0.275. The van der Waals surface area contributed by atoms with Gasteiger partial charge in [0, 0.05) is 29.0 Å². The van der Waals surface area contributed by atoms with E-state index in [-0.39, 0.29) is 11.3 Å². The number of halogens is 1. The first-order valence-electron chi connectivity index (χ1n) is 7.71. The van der Waals surface area contributed by atoms with E-state index in [9.17, 15) is 9.59 Å². The number of hydrogen-bond acceptors (Lipinski definition) is 4. The zero-order chi connectivity index (χ0) is 18.1. The first-order valence-corrected chi connectivity index (χ1v) is 8.51. The fourth-order valence-corrected chi connectivity index (χ4v) is 2.86. The number of pyridine rings is 1. The van der Waals surface area contributed by atoms with Gasteiger partial charge in [0.2, 0.25) is 0 Å². The number of carbonyl (C=O) groups excluding carboxylic acids is 1. The molecule has 0 unspecified atom stereocenters. The summed E-state index contributed by atoms with van der Waals surface area (Å²) in [6, 6.07) is 15.5. The summed E-state index contributed by atoms with van der Waals surface area (Å²) >= 11 is 3.30. The number of anilines is 1. The van der Waals surface area contributed by atoms with Crippen LogP contribution in [0, 0.1) is 0 Å². The Balaban J connectivity index is 1.86. The van der Waals surface area contributed by atoms with Gasteiger partial charge in [-0.05, 0) is 40.2 Å². The minimum atomic E-state index is -0.395. The monoisotopic (exact) mass is 409 g/mol. The second-order valence-corrected chi connectivity index (χ2v) is 6.36. The molecule has 4 rings (SSSR count). The van der Waals surface area contributed by atoms with Crippen molar-refractivity contribution >= 4 is 33.3 Å². The summed E-state index contributed by atoms with van der Waals surface area (Å²) < 4.78 is 3.71. The molecule has 0 bridgehead atoms. The highest BCUT2D eigenvalue weighted by atomic mass is 79.9. The standard InChI is InChI=1S/C18H12BrN5O2/c19-12-6-7-15(21-11-12)22-18(26)14-10-16-20-9-8-17(25)24(16)23(14)13-4-2-1-3-5-13/h1-11H,(H,21,22,26). The number of fused-ring (bicyclic) bond motifs is 1. The predicted molar refractivity (Wildman–Crippen MR) is 101 cm³/mol. The summed E-state index contributed by atoms with van der Waals surface area (Å²) in [5, 5.41) is 2.74. The van der Waals surface area contributed by atoms with Crippen molar-refractivity contribution in [1.29, 1.82) is 0 Å². The molecule has 3 aromatic heterocycles. The molecule has 0 atom stereocenters. The smallest absolute Gasteiger partial charge is 0.275 e. The van der Waals surface area contributed by atoms with Crippen LogP contribution in [0.2, 0.25) is 0 Å². The van der Waals surface area contributed by atoms with Crippen molar-refractivity contribution in [2.45, 2.75) is 0 Å². The Bertz CT molecular complexity index is 1150. The lowest BCUT2D eigenvalue weighted by Crippen LogP contribution is -2.24. The van der Waals surface area contributed by atoms with Gasteiger partial charge in [-0.25, -0.2) is 14.6 Å². The van der Waals surface area contributed by atoms with E-state index in [1.807, 2.05) is 30.3 Å². The molecule has 7 nitrogen and oxygen atoms in total. The van der Waals surface area contributed by atoms with E-state index in [4.69, 9.17) is 0 Å². The lowest BCUT2D eigenvalue weighted by molar-refractivity contribution is 0.101. The van der Waals surface area contributed by atoms with E-state index in [0.717, 1.165) is 4.47 Å². The minimum Gasteiger partial charge on any atom is -0.305 e. The van der Waals surface area contributed by atoms with Gasteiger partial charge in [-0.1, -0.05) is 18.2 Å². The Morgan fingerprint density at radius 2 is 1.85 bits per heavy atom. The number of nitrogens with one attached hydrogen (secondary N) is 1. The van der Waals surface area contributed by atoms with Crippen molar-refractivity contribution < 1.29 is 4.79 Å². The fourth-order valence-electron chi connectivity index (χ4n) is 2.62. The molecule has 26 heavy (non-hydrogen) atoms. The van der Waals surface area contributed by atoms with E-state index in [2.05, 4.69) is 31.2 Å². The number of benzene rings is 1. The Morgan fingerprint density at radius 3 is 2.58 bits per heavy atom. The van der Waals surface area contributed by atoms with Gasteiger partial charge in [-0.3, -0.25) is 9.59 Å². The molecule has 4 aromatic rings. The van der Waals surface area contributed by atoms with Crippen molar-refractivity contribution in [3.63, 3.8) is 0 Å². The summed E-state index contributed by atoms with van der Waals surface area (Å²) in [4.78, 5) is 33.5. The normalized spacial score (nSPS) is 10.8. The molecule has 0 aliphatic rings. The van der Waals surface area contributed by atoms with Crippen molar-refractivity contribution in [2.24, 2.45) is 0 Å². The van der Waals surface area contributed by atoms with E-state index in [1.54, 1.807) is 29.1 Å². The molecule has 0 saturated heterocycles. The van der Waals surface area contributed by atoms with Crippen LogP contribution in [-0.2, 0) is 0 Å². The summed E-state index contributed by atoms with van der Waals surface area (Å²) in [6.45, 7) is 0. The summed E-state index contributed by atoms with van der Waals surface area (Å²) in [7, 11) is 0. The van der Waals surface area contributed by atoms with Crippen LogP contribution in [-0.4, -0.2) is 25.1 Å². The molecule has 1 amide bonds. The summed E-state index contributed by atoms with van der Waals surface area (Å²) in [6.07, 6.45) is 3.01. The van der Waals surface area contributed by atoms with Gasteiger partial charge in [0.05, 0.1) is 5.69 Å². The van der Waals surface area contributed by atoms with Gasteiger partial charge in [-0.2, -0.15) is 4.52 Å². The maximum Gasteiger partial charge on any atom is 0.275 e. The number of para-hydroxylation sites is 1. The van der Waals surface area contributed by atoms with Gasteiger partial charge in [0.25, 0.3) is 11.5 Å². The quantitative estimate of drug-likeness (QED) is 0.563. The van der Waals surface area contributed by atoms with Crippen LogP contribution in [0.15, 0.2) is 76.3 Å². The van der Waals surface area contributed by atoms with Crippen molar-refractivity contribution in [3.8, 4) is 5.69 Å². The lowest BCUT2D eigenvalue weighted by atomic mass is 10.3. The first-order chi connectivity index (χ1) is 12.6. The van der Waals surface area contributed by atoms with Gasteiger partial charge in [0.15, 0.2) is 5.65 Å². The van der Waals surface area contributed by atoms with Crippen molar-refractivity contribution in [3.05, 3.63) is 87.5 Å². The highest BCUT2D eigenvalue weighted by molar-refractivity contribution is 9.10. The Hall–Kier alpha value is -3.26. The molecule has 1 N–H and O–H groups in total. The van der Waals surface area contributed by atoms with Gasteiger partial charge < -0.3 is 5.32 Å². The third-order valence-electron chi connectivity index (χ3n) is 3.75. The van der Waals surface area contributed by atoms with Crippen LogP contribution < -0.4 is 10.9 Å². The van der Waals surface area contributed by atoms with E-state index < -0.39 is 5.91 Å². The van der Waals surface area contributed by atoms with Crippen LogP contribution >= 0.6 is 15.9 Å². The van der Waals surface area contributed by atoms with Gasteiger partial charge in [0.1, 0.15) is 11.5 Å². The number of amides is 1. The molecule has 0 radical (unpaired) electrons. The van der Waals surface area contributed by atoms with Gasteiger partial charge >= 0.3 is 0 Å². The summed E-state index contributed by atoms with van der Waals surface area (Å²) in [5.74, 6) is 0.0111. The molecule has 8 heteroatoms. The van der Waals surface area contributed by atoms with Crippen LogP contribution in [0.5, 0.6) is 0 Å². The SMILES string of the molecule is O=C(Nc1ccc(Br)cn1)c1cc2nccc(=O)n2n1-c1ccccc1. The molecule has 0 fully saturated rings. The second kappa shape index (κ2) is 6.57. The molecular formula is C18H12BrN5O2. The largest absolute Gasteiger partial charge is 0.305 e. The number of aromatic nitrogens is 4. The fraction of sp³-hybridized carbons (Fsp3) is 0. The molecular weight excluding hydrogens is 398 g/mol. The average molecular weight is 410 g/mol. The van der Waals surface area contributed by atoms with E-state index in [1.165, 1.54) is 16.8 Å². The van der Waals surface area contributed by atoms with Crippen LogP contribution in [0.1, 0.15) is 10.5 Å². The zero-order valence-corrected chi connectivity index (χ0v) is 14.9.